The molecule has 1 heterocycles. The summed E-state index contributed by atoms with van der Waals surface area (Å²) in [4.78, 5) is 22.3. The quantitative estimate of drug-likeness (QED) is 0.687. The number of carbonyl (C=O) groups is 2. The van der Waals surface area contributed by atoms with Gasteiger partial charge in [-0.3, -0.25) is 9.59 Å². The van der Waals surface area contributed by atoms with Crippen LogP contribution in [0.5, 0.6) is 0 Å². The highest BCUT2D eigenvalue weighted by Crippen LogP contribution is 2.00. The Balaban J connectivity index is 2.16. The summed E-state index contributed by atoms with van der Waals surface area (Å²) in [5.41, 5.74) is 0. The molecule has 1 rings (SSSR count). The number of Topliss-reactive ketones (excluding diaryl/α,β-unsaturated/α-hetero) is 1. The summed E-state index contributed by atoms with van der Waals surface area (Å²) in [7, 11) is -0.489. The average molecular weight is 227 g/mol. The maximum atomic E-state index is 11.3. The van der Waals surface area contributed by atoms with Gasteiger partial charge >= 0.3 is 7.12 Å². The molecule has 0 bridgehead atoms. The van der Waals surface area contributed by atoms with E-state index in [-0.39, 0.29) is 18.3 Å². The predicted molar refractivity (Wildman–Crippen MR) is 59.8 cm³/mol. The Morgan fingerprint density at radius 1 is 1.50 bits per heavy atom. The van der Waals surface area contributed by atoms with Crippen LogP contribution in [0, 0.1) is 0 Å². The monoisotopic (exact) mass is 227 g/mol. The van der Waals surface area contributed by atoms with Gasteiger partial charge in [0.2, 0.25) is 5.91 Å². The summed E-state index contributed by atoms with van der Waals surface area (Å²) in [6, 6.07) is 0. The number of amides is 1. The molecule has 90 valence electrons. The fourth-order valence-electron chi connectivity index (χ4n) is 1.35. The van der Waals surface area contributed by atoms with Gasteiger partial charge in [0, 0.05) is 19.4 Å². The maximum Gasteiger partial charge on any atom is 0.477 e. The summed E-state index contributed by atoms with van der Waals surface area (Å²) in [5, 5.41) is 2.73. The van der Waals surface area contributed by atoms with Crippen LogP contribution in [0.15, 0.2) is 0 Å². The zero-order chi connectivity index (χ0) is 11.8. The second-order valence-corrected chi connectivity index (χ2v) is 3.81. The van der Waals surface area contributed by atoms with Crippen molar-refractivity contribution in [2.45, 2.75) is 32.6 Å². The third-order valence-electron chi connectivity index (χ3n) is 2.34. The molecule has 0 unspecified atom stereocenters. The average Bonchev–Trinajstić information content (AvgIpc) is 2.48. The van der Waals surface area contributed by atoms with E-state index < -0.39 is 7.12 Å². The van der Waals surface area contributed by atoms with E-state index in [0.717, 1.165) is 12.8 Å². The summed E-state index contributed by atoms with van der Waals surface area (Å²) in [6.45, 7) is 2.49. The summed E-state index contributed by atoms with van der Waals surface area (Å²) < 4.78 is 10.5. The van der Waals surface area contributed by atoms with E-state index in [1.807, 2.05) is 6.92 Å². The van der Waals surface area contributed by atoms with Crippen LogP contribution in [0.3, 0.4) is 0 Å². The molecule has 1 amide bonds. The minimum Gasteiger partial charge on any atom is -0.410 e. The van der Waals surface area contributed by atoms with E-state index in [4.69, 9.17) is 9.31 Å². The Bertz CT molecular complexity index is 247. The zero-order valence-electron chi connectivity index (χ0n) is 9.66. The largest absolute Gasteiger partial charge is 0.477 e. The predicted octanol–water partition coefficient (Wildman–Crippen LogP) is 0.326. The lowest BCUT2D eigenvalue weighted by molar-refractivity contribution is -0.121. The molecule has 1 N–H and O–H groups in total. The van der Waals surface area contributed by atoms with Crippen molar-refractivity contribution in [3.63, 3.8) is 0 Å². The number of hydrogen-bond acceptors (Lipinski definition) is 4. The molecule has 1 fully saturated rings. The first kappa shape index (κ1) is 13.2. The summed E-state index contributed by atoms with van der Waals surface area (Å²) in [5.74, 6) is 0.0458. The Hall–Kier alpha value is -0.875. The van der Waals surface area contributed by atoms with Crippen LogP contribution in [0.25, 0.3) is 0 Å². The molecule has 16 heavy (non-hydrogen) atoms. The lowest BCUT2D eigenvalue weighted by Gasteiger charge is -2.11. The van der Waals surface area contributed by atoms with E-state index in [1.54, 1.807) is 0 Å². The Morgan fingerprint density at radius 3 is 3.06 bits per heavy atom. The third kappa shape index (κ3) is 5.28. The van der Waals surface area contributed by atoms with Gasteiger partial charge in [-0.2, -0.15) is 0 Å². The van der Waals surface area contributed by atoms with Gasteiger partial charge < -0.3 is 14.6 Å². The Labute approximate surface area is 96.0 Å². The number of rotatable bonds is 5. The smallest absolute Gasteiger partial charge is 0.410 e. The van der Waals surface area contributed by atoms with Gasteiger partial charge in [-0.1, -0.05) is 13.3 Å². The van der Waals surface area contributed by atoms with Gasteiger partial charge in [0.15, 0.2) is 5.78 Å². The van der Waals surface area contributed by atoms with Crippen LogP contribution in [-0.2, 0) is 18.9 Å². The molecule has 0 aliphatic carbocycles. The molecule has 0 spiro atoms. The molecular weight excluding hydrogens is 209 g/mol. The normalized spacial score (nSPS) is 17.1. The van der Waals surface area contributed by atoms with Crippen molar-refractivity contribution in [1.29, 1.82) is 0 Å². The van der Waals surface area contributed by atoms with Crippen molar-refractivity contribution in [3.05, 3.63) is 0 Å². The minimum absolute atomic E-state index is 0.00428. The van der Waals surface area contributed by atoms with Crippen LogP contribution in [0.4, 0.5) is 0 Å². The van der Waals surface area contributed by atoms with Gasteiger partial charge in [0.25, 0.3) is 0 Å². The van der Waals surface area contributed by atoms with Crippen LogP contribution in [0.1, 0.15) is 32.6 Å². The molecule has 0 aromatic heterocycles. The highest BCUT2D eigenvalue weighted by atomic mass is 16.6. The SMILES string of the molecule is CCCCC(=O)NCB1OCCC(=O)CO1. The number of hydrogen-bond donors (Lipinski definition) is 1. The molecule has 1 aliphatic rings. The lowest BCUT2D eigenvalue weighted by atomic mass is 9.90. The topological polar surface area (TPSA) is 64.6 Å². The van der Waals surface area contributed by atoms with Crippen molar-refractivity contribution >= 4 is 18.8 Å². The van der Waals surface area contributed by atoms with Gasteiger partial charge in [-0.25, -0.2) is 0 Å². The Kier molecular flexibility index (Phi) is 6.11. The number of carbonyl (C=O) groups excluding carboxylic acids is 2. The first-order valence-corrected chi connectivity index (χ1v) is 5.74. The van der Waals surface area contributed by atoms with E-state index in [2.05, 4.69) is 5.32 Å². The van der Waals surface area contributed by atoms with Crippen molar-refractivity contribution in [2.75, 3.05) is 19.7 Å². The van der Waals surface area contributed by atoms with E-state index >= 15 is 0 Å². The van der Waals surface area contributed by atoms with E-state index in [1.165, 1.54) is 0 Å². The van der Waals surface area contributed by atoms with Gasteiger partial charge in [0.05, 0.1) is 13.1 Å². The molecule has 0 atom stereocenters. The molecule has 0 aromatic rings. The van der Waals surface area contributed by atoms with Crippen molar-refractivity contribution < 1.29 is 18.9 Å². The van der Waals surface area contributed by atoms with Gasteiger partial charge in [0.1, 0.15) is 0 Å². The van der Waals surface area contributed by atoms with Crippen molar-refractivity contribution in [3.8, 4) is 0 Å². The van der Waals surface area contributed by atoms with Crippen molar-refractivity contribution in [1.82, 2.24) is 5.32 Å². The maximum absolute atomic E-state index is 11.3. The first-order valence-electron chi connectivity index (χ1n) is 5.74. The van der Waals surface area contributed by atoms with Crippen LogP contribution < -0.4 is 5.32 Å². The third-order valence-corrected chi connectivity index (χ3v) is 2.34. The minimum atomic E-state index is -0.489. The molecule has 5 nitrogen and oxygen atoms in total. The van der Waals surface area contributed by atoms with Gasteiger partial charge in [-0.05, 0) is 6.42 Å². The zero-order valence-corrected chi connectivity index (χ0v) is 9.66. The fraction of sp³-hybridized carbons (Fsp3) is 0.800. The highest BCUT2D eigenvalue weighted by molar-refractivity contribution is 6.45. The van der Waals surface area contributed by atoms with E-state index in [9.17, 15) is 9.59 Å². The molecule has 0 saturated carbocycles. The van der Waals surface area contributed by atoms with E-state index in [0.29, 0.717) is 25.9 Å². The lowest BCUT2D eigenvalue weighted by Crippen LogP contribution is -2.38. The van der Waals surface area contributed by atoms with Crippen molar-refractivity contribution in [2.24, 2.45) is 0 Å². The van der Waals surface area contributed by atoms with Crippen LogP contribution in [0.2, 0.25) is 0 Å². The standard InChI is InChI=1S/C10H18BNO4/c1-2-3-4-10(14)12-8-11-15-6-5-9(13)7-16-11/h2-8H2,1H3,(H,12,14). The highest BCUT2D eigenvalue weighted by Gasteiger charge is 2.23. The van der Waals surface area contributed by atoms with Crippen LogP contribution >= 0.6 is 0 Å². The fourth-order valence-corrected chi connectivity index (χ4v) is 1.35. The number of nitrogens with one attached hydrogen (secondary N) is 1. The Morgan fingerprint density at radius 2 is 2.31 bits per heavy atom. The molecule has 1 aliphatic heterocycles. The number of unbranched alkanes of at least 4 members (excludes halogenated alkanes) is 1. The van der Waals surface area contributed by atoms with Crippen LogP contribution in [-0.4, -0.2) is 38.5 Å². The molecule has 0 radical (unpaired) electrons. The molecular formula is C10H18BNO4. The second kappa shape index (κ2) is 7.41. The summed E-state index contributed by atoms with van der Waals surface area (Å²) >= 11 is 0. The molecule has 0 aromatic carbocycles. The second-order valence-electron chi connectivity index (χ2n) is 3.81. The van der Waals surface area contributed by atoms with Gasteiger partial charge in [-0.15, -0.1) is 0 Å². The molecule has 1 saturated heterocycles. The molecule has 6 heteroatoms. The summed E-state index contributed by atoms with van der Waals surface area (Å²) in [6.07, 6.45) is 3.12. The first-order chi connectivity index (χ1) is 7.72. The number of ketones is 1.